The van der Waals surface area contributed by atoms with Crippen molar-refractivity contribution in [2.24, 2.45) is 5.92 Å². The van der Waals surface area contributed by atoms with Crippen molar-refractivity contribution in [1.82, 2.24) is 19.9 Å². The Labute approximate surface area is 143 Å². The van der Waals surface area contributed by atoms with Crippen LogP contribution in [-0.4, -0.2) is 32.8 Å². The number of pyridine rings is 1. The molecule has 0 saturated carbocycles. The number of nitrogens with zero attached hydrogens (tertiary/aromatic N) is 2. The van der Waals surface area contributed by atoms with Crippen LogP contribution < -0.4 is 5.69 Å². The first-order valence-electron chi connectivity index (χ1n) is 7.98. The Morgan fingerprint density at radius 1 is 1.12 bits per heavy atom. The van der Waals surface area contributed by atoms with Gasteiger partial charge in [0, 0.05) is 7.05 Å². The van der Waals surface area contributed by atoms with Gasteiger partial charge in [0.2, 0.25) is 0 Å². The van der Waals surface area contributed by atoms with Gasteiger partial charge in [-0.05, 0) is 35.7 Å². The highest BCUT2D eigenvalue weighted by molar-refractivity contribution is 5.94. The van der Waals surface area contributed by atoms with E-state index in [0.717, 1.165) is 5.56 Å². The highest BCUT2D eigenvalue weighted by atomic mass is 19.1. The summed E-state index contributed by atoms with van der Waals surface area (Å²) in [6.07, 6.45) is 0. The van der Waals surface area contributed by atoms with Gasteiger partial charge in [0.1, 0.15) is 11.5 Å². The number of aromatic nitrogens is 3. The molecule has 0 aliphatic heterocycles. The van der Waals surface area contributed by atoms with Crippen molar-refractivity contribution >= 4 is 17.1 Å². The number of nitrogens with one attached hydrogen (secondary N) is 2. The fourth-order valence-electron chi connectivity index (χ4n) is 3.06. The van der Waals surface area contributed by atoms with E-state index in [4.69, 9.17) is 0 Å². The van der Waals surface area contributed by atoms with E-state index in [1.807, 2.05) is 13.8 Å². The molecule has 3 rings (SSSR count). The second-order valence-corrected chi connectivity index (χ2v) is 6.33. The molecule has 130 valence electrons. The van der Waals surface area contributed by atoms with Crippen LogP contribution in [0.2, 0.25) is 0 Å². The second-order valence-electron chi connectivity index (χ2n) is 6.33. The van der Waals surface area contributed by atoms with Gasteiger partial charge in [0.05, 0.1) is 11.6 Å². The summed E-state index contributed by atoms with van der Waals surface area (Å²) in [4.78, 5) is 35.2. The van der Waals surface area contributed by atoms with Crippen LogP contribution in [0.3, 0.4) is 0 Å². The number of fused-ring (bicyclic) bond motifs is 1. The van der Waals surface area contributed by atoms with Gasteiger partial charge in [-0.25, -0.2) is 14.2 Å². The normalized spacial score (nSPS) is 12.5. The highest BCUT2D eigenvalue weighted by Gasteiger charge is 2.26. The van der Waals surface area contributed by atoms with Crippen molar-refractivity contribution in [3.8, 4) is 0 Å². The summed E-state index contributed by atoms with van der Waals surface area (Å²) in [5.74, 6) is -0.467. The molecule has 6 nitrogen and oxygen atoms in total. The maximum atomic E-state index is 13.2. The largest absolute Gasteiger partial charge is 0.333 e. The summed E-state index contributed by atoms with van der Waals surface area (Å²) in [5, 5.41) is 0. The summed E-state index contributed by atoms with van der Waals surface area (Å²) in [5.41, 5.74) is 1.60. The predicted octanol–water partition coefficient (Wildman–Crippen LogP) is 2.86. The molecular formula is C18H19FN4O2. The number of halogens is 1. The van der Waals surface area contributed by atoms with Gasteiger partial charge in [-0.1, -0.05) is 26.0 Å². The second kappa shape index (κ2) is 6.51. The lowest BCUT2D eigenvalue weighted by Gasteiger charge is -2.31. The third kappa shape index (κ3) is 3.31. The van der Waals surface area contributed by atoms with E-state index in [-0.39, 0.29) is 35.1 Å². The van der Waals surface area contributed by atoms with Crippen LogP contribution >= 0.6 is 0 Å². The fourth-order valence-corrected chi connectivity index (χ4v) is 3.06. The molecule has 0 saturated heterocycles. The van der Waals surface area contributed by atoms with Crippen molar-refractivity contribution in [2.75, 3.05) is 7.05 Å². The standard InChI is InChI=1S/C18H19FN4O2/c1-10(2)15(11-4-6-12(19)7-5-11)23(3)17(24)14-9-8-13-16(20-14)22-18(25)21-13/h4-10,15H,1-3H3,(H2,20,21,22,25). The Hall–Kier alpha value is -2.96. The van der Waals surface area contributed by atoms with E-state index in [1.165, 1.54) is 12.1 Å². The predicted molar refractivity (Wildman–Crippen MR) is 92.8 cm³/mol. The molecule has 7 heteroatoms. The van der Waals surface area contributed by atoms with Crippen molar-refractivity contribution in [2.45, 2.75) is 19.9 Å². The molecule has 2 heterocycles. The fraction of sp³-hybridized carbons (Fsp3) is 0.278. The van der Waals surface area contributed by atoms with Crippen molar-refractivity contribution in [3.63, 3.8) is 0 Å². The number of imidazole rings is 1. The number of benzene rings is 1. The van der Waals surface area contributed by atoms with Gasteiger partial charge < -0.3 is 9.88 Å². The van der Waals surface area contributed by atoms with Gasteiger partial charge in [0.25, 0.3) is 5.91 Å². The van der Waals surface area contributed by atoms with Crippen LogP contribution in [-0.2, 0) is 0 Å². The summed E-state index contributed by atoms with van der Waals surface area (Å²) < 4.78 is 13.2. The number of carbonyl (C=O) groups is 1. The van der Waals surface area contributed by atoms with Crippen molar-refractivity contribution < 1.29 is 9.18 Å². The molecule has 0 spiro atoms. The Kier molecular flexibility index (Phi) is 4.39. The first kappa shape index (κ1) is 16.9. The molecule has 1 aromatic carbocycles. The summed E-state index contributed by atoms with van der Waals surface area (Å²) in [6.45, 7) is 4.00. The number of rotatable bonds is 4. The van der Waals surface area contributed by atoms with E-state index in [1.54, 1.807) is 36.2 Å². The zero-order valence-electron chi connectivity index (χ0n) is 14.2. The van der Waals surface area contributed by atoms with Gasteiger partial charge in [-0.2, -0.15) is 0 Å². The van der Waals surface area contributed by atoms with Crippen LogP contribution in [0.1, 0.15) is 35.9 Å². The van der Waals surface area contributed by atoms with Crippen LogP contribution in [0.4, 0.5) is 4.39 Å². The number of hydrogen-bond donors (Lipinski definition) is 2. The highest BCUT2D eigenvalue weighted by Crippen LogP contribution is 2.28. The SMILES string of the molecule is CC(C)C(c1ccc(F)cc1)N(C)C(=O)c1ccc2[nH]c(=O)[nH]c2n1. The van der Waals surface area contributed by atoms with E-state index >= 15 is 0 Å². The topological polar surface area (TPSA) is 81.9 Å². The Bertz CT molecular complexity index is 959. The first-order chi connectivity index (χ1) is 11.9. The summed E-state index contributed by atoms with van der Waals surface area (Å²) in [7, 11) is 1.70. The third-order valence-corrected chi connectivity index (χ3v) is 4.18. The van der Waals surface area contributed by atoms with Crippen LogP contribution in [0.15, 0.2) is 41.2 Å². The van der Waals surface area contributed by atoms with Crippen LogP contribution in [0.25, 0.3) is 11.2 Å². The molecular weight excluding hydrogens is 323 g/mol. The average Bonchev–Trinajstić information content (AvgIpc) is 2.94. The molecule has 3 aromatic rings. The van der Waals surface area contributed by atoms with Crippen LogP contribution in [0.5, 0.6) is 0 Å². The average molecular weight is 342 g/mol. The molecule has 2 N–H and O–H groups in total. The minimum absolute atomic E-state index is 0.121. The Morgan fingerprint density at radius 2 is 1.80 bits per heavy atom. The van der Waals surface area contributed by atoms with Crippen LogP contribution in [0, 0.1) is 11.7 Å². The van der Waals surface area contributed by atoms with E-state index in [2.05, 4.69) is 15.0 Å². The number of H-pyrrole nitrogens is 2. The maximum Gasteiger partial charge on any atom is 0.325 e. The lowest BCUT2D eigenvalue weighted by Crippen LogP contribution is -2.34. The van der Waals surface area contributed by atoms with Gasteiger partial charge in [-0.3, -0.25) is 9.78 Å². The summed E-state index contributed by atoms with van der Waals surface area (Å²) >= 11 is 0. The molecule has 1 amide bonds. The van der Waals surface area contributed by atoms with Gasteiger partial charge in [0.15, 0.2) is 5.65 Å². The molecule has 1 unspecified atom stereocenters. The van der Waals surface area contributed by atoms with Gasteiger partial charge in [-0.15, -0.1) is 0 Å². The lowest BCUT2D eigenvalue weighted by molar-refractivity contribution is 0.0681. The number of aromatic amines is 2. The quantitative estimate of drug-likeness (QED) is 0.765. The lowest BCUT2D eigenvalue weighted by atomic mass is 9.94. The van der Waals surface area contributed by atoms with E-state index < -0.39 is 0 Å². The Balaban J connectivity index is 1.94. The van der Waals surface area contributed by atoms with Crippen molar-refractivity contribution in [3.05, 3.63) is 64.0 Å². The molecule has 1 atom stereocenters. The molecule has 0 bridgehead atoms. The monoisotopic (exact) mass is 342 g/mol. The number of carbonyl (C=O) groups excluding carboxylic acids is 1. The minimum Gasteiger partial charge on any atom is -0.333 e. The molecule has 2 aromatic heterocycles. The van der Waals surface area contributed by atoms with E-state index in [9.17, 15) is 14.0 Å². The molecule has 0 fully saturated rings. The zero-order valence-corrected chi connectivity index (χ0v) is 14.2. The minimum atomic E-state index is -0.369. The molecule has 0 aliphatic rings. The maximum absolute atomic E-state index is 13.2. The Morgan fingerprint density at radius 3 is 2.44 bits per heavy atom. The van der Waals surface area contributed by atoms with E-state index in [0.29, 0.717) is 11.2 Å². The van der Waals surface area contributed by atoms with Gasteiger partial charge >= 0.3 is 5.69 Å². The smallest absolute Gasteiger partial charge is 0.325 e. The molecule has 0 aliphatic carbocycles. The number of hydrogen-bond acceptors (Lipinski definition) is 3. The zero-order chi connectivity index (χ0) is 18.1. The third-order valence-electron chi connectivity index (χ3n) is 4.18. The number of amides is 1. The first-order valence-corrected chi connectivity index (χ1v) is 7.98. The summed E-state index contributed by atoms with van der Waals surface area (Å²) in [6, 6.07) is 9.14. The van der Waals surface area contributed by atoms with Crippen molar-refractivity contribution in [1.29, 1.82) is 0 Å². The molecule has 25 heavy (non-hydrogen) atoms. The molecule has 0 radical (unpaired) electrons.